The maximum atomic E-state index is 12.3. The predicted molar refractivity (Wildman–Crippen MR) is 87.9 cm³/mol. The van der Waals surface area contributed by atoms with E-state index in [-0.39, 0.29) is 5.91 Å². The summed E-state index contributed by atoms with van der Waals surface area (Å²) in [6.45, 7) is 5.45. The van der Waals surface area contributed by atoms with Crippen LogP contribution in [0.2, 0.25) is 0 Å². The van der Waals surface area contributed by atoms with Crippen LogP contribution in [0.25, 0.3) is 0 Å². The van der Waals surface area contributed by atoms with Gasteiger partial charge in [0.15, 0.2) is 0 Å². The molecule has 1 fully saturated rings. The van der Waals surface area contributed by atoms with Crippen LogP contribution in [0.5, 0.6) is 0 Å². The van der Waals surface area contributed by atoms with E-state index in [1.165, 1.54) is 5.56 Å². The second-order valence-electron chi connectivity index (χ2n) is 6.10. The lowest BCUT2D eigenvalue weighted by Gasteiger charge is -2.16. The minimum atomic E-state index is 0.154. The van der Waals surface area contributed by atoms with Gasteiger partial charge in [-0.1, -0.05) is 12.1 Å². The molecule has 1 aliphatic rings. The first-order chi connectivity index (χ1) is 11.2. The number of aromatic nitrogens is 3. The Morgan fingerprint density at radius 2 is 2.00 bits per heavy atom. The van der Waals surface area contributed by atoms with Gasteiger partial charge in [0, 0.05) is 31.2 Å². The van der Waals surface area contributed by atoms with E-state index in [9.17, 15) is 4.79 Å². The molecule has 2 heterocycles. The van der Waals surface area contributed by atoms with E-state index in [0.717, 1.165) is 44.6 Å². The van der Waals surface area contributed by atoms with Gasteiger partial charge in [0.1, 0.15) is 12.7 Å². The molecular weight excluding hydrogens is 290 g/mol. The first-order valence-electron chi connectivity index (χ1n) is 8.16. The predicted octanol–water partition coefficient (Wildman–Crippen LogP) is 1.69. The van der Waals surface area contributed by atoms with Gasteiger partial charge in [-0.25, -0.2) is 4.98 Å². The van der Waals surface area contributed by atoms with Crippen LogP contribution in [0, 0.1) is 0 Å². The molecule has 1 amide bonds. The Morgan fingerprint density at radius 1 is 1.26 bits per heavy atom. The molecule has 1 N–H and O–H groups in total. The maximum Gasteiger partial charge on any atom is 0.253 e. The van der Waals surface area contributed by atoms with Crippen LogP contribution >= 0.6 is 0 Å². The number of carbonyl (C=O) groups is 1. The van der Waals surface area contributed by atoms with E-state index in [0.29, 0.717) is 6.04 Å². The van der Waals surface area contributed by atoms with Crippen molar-refractivity contribution < 1.29 is 4.79 Å². The molecule has 23 heavy (non-hydrogen) atoms. The van der Waals surface area contributed by atoms with Crippen molar-refractivity contribution in [2.75, 3.05) is 13.1 Å². The first-order valence-corrected chi connectivity index (χ1v) is 8.16. The van der Waals surface area contributed by atoms with Gasteiger partial charge in [-0.2, -0.15) is 5.10 Å². The zero-order chi connectivity index (χ0) is 16.1. The number of carbonyl (C=O) groups excluding carboxylic acids is 1. The van der Waals surface area contributed by atoms with Gasteiger partial charge >= 0.3 is 0 Å². The largest absolute Gasteiger partial charge is 0.339 e. The summed E-state index contributed by atoms with van der Waals surface area (Å²) in [4.78, 5) is 18.2. The first kappa shape index (κ1) is 15.7. The normalized spacial score (nSPS) is 15.8. The number of hydrogen-bond donors (Lipinski definition) is 1. The molecule has 3 rings (SSSR count). The number of benzene rings is 1. The van der Waals surface area contributed by atoms with Crippen molar-refractivity contribution in [2.45, 2.75) is 38.9 Å². The third kappa shape index (κ3) is 4.16. The molecule has 1 aromatic heterocycles. The van der Waals surface area contributed by atoms with Crippen LogP contribution < -0.4 is 5.32 Å². The fraction of sp³-hybridized carbons (Fsp3) is 0.471. The van der Waals surface area contributed by atoms with Gasteiger partial charge in [-0.05, 0) is 37.5 Å². The van der Waals surface area contributed by atoms with Crippen LogP contribution in [-0.4, -0.2) is 44.7 Å². The lowest BCUT2D eigenvalue weighted by atomic mass is 10.1. The van der Waals surface area contributed by atoms with Crippen LogP contribution in [0.15, 0.2) is 36.9 Å². The Bertz CT molecular complexity index is 617. The fourth-order valence-electron chi connectivity index (χ4n) is 2.83. The van der Waals surface area contributed by atoms with E-state index >= 15 is 0 Å². The molecule has 1 unspecified atom stereocenters. The van der Waals surface area contributed by atoms with Gasteiger partial charge in [-0.3, -0.25) is 9.48 Å². The summed E-state index contributed by atoms with van der Waals surface area (Å²) in [6.07, 6.45) is 5.51. The second-order valence-corrected chi connectivity index (χ2v) is 6.10. The molecular formula is C17H23N5O. The summed E-state index contributed by atoms with van der Waals surface area (Å²) in [5, 5.41) is 7.56. The van der Waals surface area contributed by atoms with Crippen molar-refractivity contribution in [1.82, 2.24) is 25.0 Å². The van der Waals surface area contributed by atoms with Crippen LogP contribution in [-0.2, 0) is 13.1 Å². The Labute approximate surface area is 136 Å². The monoisotopic (exact) mass is 313 g/mol. The number of amides is 1. The smallest absolute Gasteiger partial charge is 0.253 e. The summed E-state index contributed by atoms with van der Waals surface area (Å²) >= 11 is 0. The highest BCUT2D eigenvalue weighted by Crippen LogP contribution is 2.13. The third-order valence-corrected chi connectivity index (χ3v) is 4.18. The van der Waals surface area contributed by atoms with Gasteiger partial charge in [-0.15, -0.1) is 0 Å². The van der Waals surface area contributed by atoms with Crippen molar-refractivity contribution in [3.05, 3.63) is 48.0 Å². The summed E-state index contributed by atoms with van der Waals surface area (Å²) < 4.78 is 1.81. The number of likely N-dealkylation sites (tertiary alicyclic amines) is 1. The summed E-state index contributed by atoms with van der Waals surface area (Å²) in [5.41, 5.74) is 1.96. The summed E-state index contributed by atoms with van der Waals surface area (Å²) in [5.74, 6) is 0.154. The number of hydrogen-bond acceptors (Lipinski definition) is 4. The SMILES string of the molecule is CC(Cn1cncn1)NCc1ccc(C(=O)N2CCCC2)cc1. The van der Waals surface area contributed by atoms with E-state index in [4.69, 9.17) is 0 Å². The van der Waals surface area contributed by atoms with E-state index in [2.05, 4.69) is 22.3 Å². The lowest BCUT2D eigenvalue weighted by Crippen LogP contribution is -2.30. The lowest BCUT2D eigenvalue weighted by molar-refractivity contribution is 0.0793. The van der Waals surface area contributed by atoms with E-state index in [1.54, 1.807) is 12.7 Å². The van der Waals surface area contributed by atoms with Crippen molar-refractivity contribution in [2.24, 2.45) is 0 Å². The molecule has 0 radical (unpaired) electrons. The standard InChI is InChI=1S/C17H23N5O/c1-14(11-22-13-18-12-20-22)19-10-15-4-6-16(7-5-15)17(23)21-8-2-3-9-21/h4-7,12-14,19H,2-3,8-11H2,1H3. The highest BCUT2D eigenvalue weighted by Gasteiger charge is 2.19. The molecule has 1 aliphatic heterocycles. The molecule has 0 spiro atoms. The summed E-state index contributed by atoms with van der Waals surface area (Å²) in [6, 6.07) is 8.21. The van der Waals surface area contributed by atoms with Crippen molar-refractivity contribution >= 4 is 5.91 Å². The molecule has 0 aliphatic carbocycles. The molecule has 0 saturated carbocycles. The van der Waals surface area contributed by atoms with Crippen LogP contribution in [0.4, 0.5) is 0 Å². The van der Waals surface area contributed by atoms with Gasteiger partial charge < -0.3 is 10.2 Å². The molecule has 2 aromatic rings. The molecule has 1 atom stereocenters. The Kier molecular flexibility index (Phi) is 5.02. The minimum absolute atomic E-state index is 0.154. The molecule has 0 bridgehead atoms. The van der Waals surface area contributed by atoms with E-state index in [1.807, 2.05) is 33.8 Å². The van der Waals surface area contributed by atoms with Gasteiger partial charge in [0.2, 0.25) is 0 Å². The highest BCUT2D eigenvalue weighted by atomic mass is 16.2. The van der Waals surface area contributed by atoms with Crippen LogP contribution in [0.3, 0.4) is 0 Å². The molecule has 1 aromatic carbocycles. The molecule has 122 valence electrons. The zero-order valence-corrected chi connectivity index (χ0v) is 13.5. The van der Waals surface area contributed by atoms with Crippen molar-refractivity contribution in [3.63, 3.8) is 0 Å². The Morgan fingerprint density at radius 3 is 2.65 bits per heavy atom. The number of nitrogens with zero attached hydrogens (tertiary/aromatic N) is 4. The Balaban J connectivity index is 1.50. The minimum Gasteiger partial charge on any atom is -0.339 e. The zero-order valence-electron chi connectivity index (χ0n) is 13.5. The number of rotatable bonds is 6. The average molecular weight is 313 g/mol. The number of nitrogens with one attached hydrogen (secondary N) is 1. The fourth-order valence-corrected chi connectivity index (χ4v) is 2.83. The van der Waals surface area contributed by atoms with Gasteiger partial charge in [0.05, 0.1) is 6.54 Å². The Hall–Kier alpha value is -2.21. The quantitative estimate of drug-likeness (QED) is 0.881. The van der Waals surface area contributed by atoms with Crippen LogP contribution in [0.1, 0.15) is 35.7 Å². The summed E-state index contributed by atoms with van der Waals surface area (Å²) in [7, 11) is 0. The topological polar surface area (TPSA) is 63.1 Å². The molecule has 6 nitrogen and oxygen atoms in total. The third-order valence-electron chi connectivity index (χ3n) is 4.18. The second kappa shape index (κ2) is 7.37. The molecule has 6 heteroatoms. The average Bonchev–Trinajstić information content (AvgIpc) is 3.26. The maximum absolute atomic E-state index is 12.3. The van der Waals surface area contributed by atoms with Gasteiger partial charge in [0.25, 0.3) is 5.91 Å². The van der Waals surface area contributed by atoms with E-state index < -0.39 is 0 Å². The van der Waals surface area contributed by atoms with Crippen molar-refractivity contribution in [1.29, 1.82) is 0 Å². The highest BCUT2D eigenvalue weighted by molar-refractivity contribution is 5.94. The molecule has 1 saturated heterocycles. The van der Waals surface area contributed by atoms with Crippen molar-refractivity contribution in [3.8, 4) is 0 Å².